The molecule has 2 aromatic rings. The zero-order chi connectivity index (χ0) is 19.2. The van der Waals surface area contributed by atoms with E-state index in [4.69, 9.17) is 14.2 Å². The molecule has 1 saturated heterocycles. The van der Waals surface area contributed by atoms with Crippen LogP contribution in [0.3, 0.4) is 0 Å². The van der Waals surface area contributed by atoms with E-state index in [9.17, 15) is 4.79 Å². The van der Waals surface area contributed by atoms with Crippen LogP contribution in [0.15, 0.2) is 36.4 Å². The van der Waals surface area contributed by atoms with Crippen LogP contribution in [-0.2, 0) is 0 Å². The summed E-state index contributed by atoms with van der Waals surface area (Å²) in [6.45, 7) is 2.06. The Morgan fingerprint density at radius 2 is 1.52 bits per heavy atom. The van der Waals surface area contributed by atoms with E-state index in [1.54, 1.807) is 25.3 Å². The third-order valence-electron chi connectivity index (χ3n) is 4.81. The number of methoxy groups -OCH3 is 3. The average Bonchev–Trinajstić information content (AvgIpc) is 2.73. The van der Waals surface area contributed by atoms with E-state index in [0.717, 1.165) is 18.8 Å². The lowest BCUT2D eigenvalue weighted by Crippen LogP contribution is -2.29. The third kappa shape index (κ3) is 4.10. The summed E-state index contributed by atoms with van der Waals surface area (Å²) < 4.78 is 16.1. The van der Waals surface area contributed by atoms with E-state index in [1.165, 1.54) is 33.5 Å². The van der Waals surface area contributed by atoms with Crippen molar-refractivity contribution in [3.63, 3.8) is 0 Å². The van der Waals surface area contributed by atoms with Crippen molar-refractivity contribution < 1.29 is 19.0 Å². The number of amides is 1. The van der Waals surface area contributed by atoms with Gasteiger partial charge >= 0.3 is 0 Å². The largest absolute Gasteiger partial charge is 0.496 e. The molecule has 6 heteroatoms. The molecule has 0 aromatic heterocycles. The van der Waals surface area contributed by atoms with Crippen LogP contribution >= 0.6 is 0 Å². The molecule has 0 aliphatic carbocycles. The molecule has 0 unspecified atom stereocenters. The van der Waals surface area contributed by atoms with E-state index in [0.29, 0.717) is 28.5 Å². The van der Waals surface area contributed by atoms with Crippen LogP contribution in [0.25, 0.3) is 0 Å². The molecule has 0 bridgehead atoms. The first-order valence-electron chi connectivity index (χ1n) is 9.13. The number of rotatable bonds is 6. The fourth-order valence-electron chi connectivity index (χ4n) is 3.40. The number of hydrogen-bond donors (Lipinski definition) is 1. The molecule has 0 atom stereocenters. The zero-order valence-electron chi connectivity index (χ0n) is 16.1. The molecule has 1 N–H and O–H groups in total. The number of hydrogen-bond acceptors (Lipinski definition) is 5. The highest BCUT2D eigenvalue weighted by molar-refractivity contribution is 6.09. The summed E-state index contributed by atoms with van der Waals surface area (Å²) in [4.78, 5) is 15.3. The predicted octanol–water partition coefficient (Wildman–Crippen LogP) is 3.96. The van der Waals surface area contributed by atoms with Crippen LogP contribution in [-0.4, -0.2) is 40.3 Å². The van der Waals surface area contributed by atoms with Crippen molar-refractivity contribution in [3.8, 4) is 17.2 Å². The number of piperidine rings is 1. The standard InChI is InChI=1S/C21H26N2O4/c1-25-17-11-10-15(23-12-5-4-6-13-23)14-16(17)22-21(24)20-18(26-2)8-7-9-19(20)27-3/h7-11,14H,4-6,12-13H2,1-3H3,(H,22,24). The van der Waals surface area contributed by atoms with Gasteiger partial charge in [-0.15, -0.1) is 0 Å². The first-order valence-corrected chi connectivity index (χ1v) is 9.13. The Bertz CT molecular complexity index is 779. The lowest BCUT2D eigenvalue weighted by atomic mass is 10.1. The van der Waals surface area contributed by atoms with Crippen molar-refractivity contribution in [3.05, 3.63) is 42.0 Å². The Balaban J connectivity index is 1.91. The van der Waals surface area contributed by atoms with Crippen molar-refractivity contribution in [2.75, 3.05) is 44.6 Å². The highest BCUT2D eigenvalue weighted by atomic mass is 16.5. The van der Waals surface area contributed by atoms with Gasteiger partial charge in [-0.1, -0.05) is 6.07 Å². The summed E-state index contributed by atoms with van der Waals surface area (Å²) in [6.07, 6.45) is 3.64. The number of anilines is 2. The third-order valence-corrected chi connectivity index (χ3v) is 4.81. The summed E-state index contributed by atoms with van der Waals surface area (Å²) in [7, 11) is 4.65. The SMILES string of the molecule is COc1ccc(N2CCCCC2)cc1NC(=O)c1c(OC)cccc1OC. The van der Waals surface area contributed by atoms with Gasteiger partial charge in [0, 0.05) is 18.8 Å². The van der Waals surface area contributed by atoms with Gasteiger partial charge < -0.3 is 24.4 Å². The minimum atomic E-state index is -0.307. The van der Waals surface area contributed by atoms with E-state index < -0.39 is 0 Å². The summed E-state index contributed by atoms with van der Waals surface area (Å²) in [5.41, 5.74) is 2.06. The fourth-order valence-corrected chi connectivity index (χ4v) is 3.40. The number of carbonyl (C=O) groups is 1. The van der Waals surface area contributed by atoms with Crippen LogP contribution in [0.5, 0.6) is 17.2 Å². The smallest absolute Gasteiger partial charge is 0.263 e. The number of carbonyl (C=O) groups excluding carboxylic acids is 1. The van der Waals surface area contributed by atoms with Gasteiger partial charge in [-0.2, -0.15) is 0 Å². The summed E-state index contributed by atoms with van der Waals surface area (Å²) in [6, 6.07) is 11.1. The van der Waals surface area contributed by atoms with E-state index in [1.807, 2.05) is 18.2 Å². The van der Waals surface area contributed by atoms with Crippen molar-refractivity contribution in [1.29, 1.82) is 0 Å². The summed E-state index contributed by atoms with van der Waals surface area (Å²) >= 11 is 0. The molecule has 1 fully saturated rings. The van der Waals surface area contributed by atoms with E-state index >= 15 is 0 Å². The Hall–Kier alpha value is -2.89. The number of nitrogens with zero attached hydrogens (tertiary/aromatic N) is 1. The van der Waals surface area contributed by atoms with E-state index in [2.05, 4.69) is 10.2 Å². The minimum Gasteiger partial charge on any atom is -0.496 e. The van der Waals surface area contributed by atoms with Gasteiger partial charge in [-0.25, -0.2) is 0 Å². The molecule has 1 aliphatic heterocycles. The number of benzene rings is 2. The lowest BCUT2D eigenvalue weighted by Gasteiger charge is -2.29. The molecule has 1 aliphatic rings. The molecule has 144 valence electrons. The molecule has 1 heterocycles. The second-order valence-corrected chi connectivity index (χ2v) is 6.42. The molecule has 0 radical (unpaired) electrons. The Kier molecular flexibility index (Phi) is 6.06. The molecule has 3 rings (SSSR count). The molecular formula is C21H26N2O4. The maximum absolute atomic E-state index is 13.0. The molecule has 27 heavy (non-hydrogen) atoms. The normalized spacial score (nSPS) is 13.8. The average molecular weight is 370 g/mol. The summed E-state index contributed by atoms with van der Waals surface area (Å²) in [5.74, 6) is 1.22. The minimum absolute atomic E-state index is 0.307. The maximum Gasteiger partial charge on any atom is 0.263 e. The molecule has 0 saturated carbocycles. The first kappa shape index (κ1) is 18.9. The van der Waals surface area contributed by atoms with Gasteiger partial charge in [0.15, 0.2) is 0 Å². The lowest BCUT2D eigenvalue weighted by molar-refractivity contribution is 0.102. The van der Waals surface area contributed by atoms with Gasteiger partial charge in [0.1, 0.15) is 22.8 Å². The van der Waals surface area contributed by atoms with Gasteiger partial charge in [-0.3, -0.25) is 4.79 Å². The fraction of sp³-hybridized carbons (Fsp3) is 0.381. The Labute approximate surface area is 160 Å². The van der Waals surface area contributed by atoms with Crippen molar-refractivity contribution in [2.24, 2.45) is 0 Å². The molecular weight excluding hydrogens is 344 g/mol. The molecule has 6 nitrogen and oxygen atoms in total. The van der Waals surface area contributed by atoms with Gasteiger partial charge in [-0.05, 0) is 49.6 Å². The predicted molar refractivity (Wildman–Crippen MR) is 107 cm³/mol. The highest BCUT2D eigenvalue weighted by Gasteiger charge is 2.20. The Morgan fingerprint density at radius 3 is 2.11 bits per heavy atom. The quantitative estimate of drug-likeness (QED) is 0.834. The second kappa shape index (κ2) is 8.66. The summed E-state index contributed by atoms with van der Waals surface area (Å²) in [5, 5.41) is 2.96. The second-order valence-electron chi connectivity index (χ2n) is 6.42. The highest BCUT2D eigenvalue weighted by Crippen LogP contribution is 2.34. The first-order chi connectivity index (χ1) is 13.2. The van der Waals surface area contributed by atoms with Gasteiger partial charge in [0.05, 0.1) is 27.0 Å². The molecule has 2 aromatic carbocycles. The van der Waals surface area contributed by atoms with Gasteiger partial charge in [0.25, 0.3) is 5.91 Å². The molecule has 0 spiro atoms. The Morgan fingerprint density at radius 1 is 0.889 bits per heavy atom. The monoisotopic (exact) mass is 370 g/mol. The number of nitrogens with one attached hydrogen (secondary N) is 1. The van der Waals surface area contributed by atoms with Crippen molar-refractivity contribution >= 4 is 17.3 Å². The van der Waals surface area contributed by atoms with Crippen molar-refractivity contribution in [2.45, 2.75) is 19.3 Å². The van der Waals surface area contributed by atoms with Crippen LogP contribution < -0.4 is 24.4 Å². The van der Waals surface area contributed by atoms with Crippen LogP contribution in [0.4, 0.5) is 11.4 Å². The zero-order valence-corrected chi connectivity index (χ0v) is 16.1. The maximum atomic E-state index is 13.0. The van der Waals surface area contributed by atoms with Crippen LogP contribution in [0, 0.1) is 0 Å². The van der Waals surface area contributed by atoms with Crippen LogP contribution in [0.1, 0.15) is 29.6 Å². The van der Waals surface area contributed by atoms with E-state index in [-0.39, 0.29) is 5.91 Å². The number of ether oxygens (including phenoxy) is 3. The van der Waals surface area contributed by atoms with Crippen LogP contribution in [0.2, 0.25) is 0 Å². The van der Waals surface area contributed by atoms with Gasteiger partial charge in [0.2, 0.25) is 0 Å². The van der Waals surface area contributed by atoms with Crippen molar-refractivity contribution in [1.82, 2.24) is 0 Å². The molecule has 1 amide bonds. The topological polar surface area (TPSA) is 60.0 Å².